The Labute approximate surface area is 82.3 Å². The lowest BCUT2D eigenvalue weighted by Gasteiger charge is -1.93. The van der Waals surface area contributed by atoms with Gasteiger partial charge in [-0.3, -0.25) is 0 Å². The van der Waals surface area contributed by atoms with E-state index < -0.39 is 0 Å². The minimum Gasteiger partial charge on any atom is -0.415 e. The number of unbranched alkanes of at least 4 members (excludes halogenated alkanes) is 2. The van der Waals surface area contributed by atoms with Crippen LogP contribution in [-0.4, -0.2) is 16.0 Å². The van der Waals surface area contributed by atoms with E-state index in [1.54, 1.807) is 11.8 Å². The van der Waals surface area contributed by atoms with Crippen LogP contribution in [0.3, 0.4) is 0 Å². The molecule has 1 aromatic rings. The van der Waals surface area contributed by atoms with Gasteiger partial charge < -0.3 is 10.2 Å². The molecule has 0 radical (unpaired) electrons. The van der Waals surface area contributed by atoms with Crippen molar-refractivity contribution in [1.29, 1.82) is 0 Å². The van der Waals surface area contributed by atoms with Crippen molar-refractivity contribution in [3.8, 4) is 0 Å². The molecule has 13 heavy (non-hydrogen) atoms. The number of aromatic nitrogens is 2. The van der Waals surface area contributed by atoms with Crippen molar-refractivity contribution in [2.45, 2.75) is 38.0 Å². The van der Waals surface area contributed by atoms with Gasteiger partial charge in [0.1, 0.15) is 0 Å². The van der Waals surface area contributed by atoms with Gasteiger partial charge >= 0.3 is 0 Å². The molecular formula is C8H15N3OS. The molecule has 1 rings (SSSR count). The zero-order valence-electron chi connectivity index (χ0n) is 7.82. The second-order valence-electron chi connectivity index (χ2n) is 2.72. The Morgan fingerprint density at radius 1 is 1.38 bits per heavy atom. The highest BCUT2D eigenvalue weighted by molar-refractivity contribution is 7.99. The SMILES string of the molecule is CCCCCSc1nnc(CN)o1. The summed E-state index contributed by atoms with van der Waals surface area (Å²) < 4.78 is 5.23. The molecule has 0 saturated heterocycles. The molecule has 74 valence electrons. The zero-order valence-corrected chi connectivity index (χ0v) is 8.64. The molecular weight excluding hydrogens is 186 g/mol. The number of thioether (sulfide) groups is 1. The van der Waals surface area contributed by atoms with Crippen LogP contribution in [0.2, 0.25) is 0 Å². The number of hydrogen-bond acceptors (Lipinski definition) is 5. The fourth-order valence-electron chi connectivity index (χ4n) is 0.891. The van der Waals surface area contributed by atoms with E-state index in [1.807, 2.05) is 0 Å². The van der Waals surface area contributed by atoms with E-state index in [4.69, 9.17) is 10.2 Å². The van der Waals surface area contributed by atoms with Crippen molar-refractivity contribution in [3.63, 3.8) is 0 Å². The van der Waals surface area contributed by atoms with Crippen molar-refractivity contribution in [1.82, 2.24) is 10.2 Å². The molecule has 2 N–H and O–H groups in total. The van der Waals surface area contributed by atoms with Crippen LogP contribution in [0.5, 0.6) is 0 Å². The summed E-state index contributed by atoms with van der Waals surface area (Å²) in [5.74, 6) is 1.55. The standard InChI is InChI=1S/C8H15N3OS/c1-2-3-4-5-13-8-11-10-7(6-9)12-8/h2-6,9H2,1H3. The number of nitrogens with zero attached hydrogens (tertiary/aromatic N) is 2. The van der Waals surface area contributed by atoms with Crippen LogP contribution in [0, 0.1) is 0 Å². The van der Waals surface area contributed by atoms with Crippen molar-refractivity contribution in [2.75, 3.05) is 5.75 Å². The molecule has 0 bridgehead atoms. The molecule has 0 aliphatic carbocycles. The van der Waals surface area contributed by atoms with Crippen molar-refractivity contribution < 1.29 is 4.42 Å². The third-order valence-corrected chi connectivity index (χ3v) is 2.50. The maximum atomic E-state index is 5.33. The highest BCUT2D eigenvalue weighted by Gasteiger charge is 2.03. The molecule has 0 aliphatic heterocycles. The lowest BCUT2D eigenvalue weighted by atomic mass is 10.3. The minimum atomic E-state index is 0.322. The van der Waals surface area contributed by atoms with Gasteiger partial charge in [-0.2, -0.15) is 0 Å². The van der Waals surface area contributed by atoms with E-state index in [2.05, 4.69) is 17.1 Å². The molecule has 0 saturated carbocycles. The van der Waals surface area contributed by atoms with Crippen LogP contribution in [0.15, 0.2) is 9.64 Å². The normalized spacial score (nSPS) is 10.6. The average molecular weight is 201 g/mol. The van der Waals surface area contributed by atoms with Crippen LogP contribution < -0.4 is 5.73 Å². The largest absolute Gasteiger partial charge is 0.415 e. The molecule has 0 aromatic carbocycles. The Kier molecular flexibility index (Phi) is 4.85. The number of rotatable bonds is 6. The first kappa shape index (κ1) is 10.5. The smallest absolute Gasteiger partial charge is 0.276 e. The van der Waals surface area contributed by atoms with Gasteiger partial charge in [-0.1, -0.05) is 31.5 Å². The third kappa shape index (κ3) is 3.78. The van der Waals surface area contributed by atoms with Gasteiger partial charge in [0.2, 0.25) is 5.89 Å². The summed E-state index contributed by atoms with van der Waals surface area (Å²) in [5, 5.41) is 8.26. The minimum absolute atomic E-state index is 0.322. The summed E-state index contributed by atoms with van der Waals surface area (Å²) in [6.45, 7) is 2.51. The fourth-order valence-corrected chi connectivity index (χ4v) is 1.67. The van der Waals surface area contributed by atoms with Crippen LogP contribution in [0.25, 0.3) is 0 Å². The van der Waals surface area contributed by atoms with Gasteiger partial charge in [-0.05, 0) is 6.42 Å². The van der Waals surface area contributed by atoms with Crippen LogP contribution in [-0.2, 0) is 6.54 Å². The Morgan fingerprint density at radius 2 is 2.23 bits per heavy atom. The van der Waals surface area contributed by atoms with E-state index in [0.717, 1.165) is 5.75 Å². The molecule has 1 aromatic heterocycles. The monoisotopic (exact) mass is 201 g/mol. The Hall–Kier alpha value is -0.550. The highest BCUT2D eigenvalue weighted by atomic mass is 32.2. The van der Waals surface area contributed by atoms with Crippen LogP contribution in [0.4, 0.5) is 0 Å². The first-order valence-corrected chi connectivity index (χ1v) is 5.50. The predicted molar refractivity (Wildman–Crippen MR) is 52.4 cm³/mol. The third-order valence-electron chi connectivity index (χ3n) is 1.60. The number of nitrogens with two attached hydrogens (primary N) is 1. The lowest BCUT2D eigenvalue weighted by Crippen LogP contribution is -1.95. The second-order valence-corrected chi connectivity index (χ2v) is 3.77. The average Bonchev–Trinajstić information content (AvgIpc) is 2.60. The van der Waals surface area contributed by atoms with Crippen LogP contribution >= 0.6 is 11.8 Å². The quantitative estimate of drug-likeness (QED) is 0.561. The second kappa shape index (κ2) is 5.99. The molecule has 0 fully saturated rings. The lowest BCUT2D eigenvalue weighted by molar-refractivity contribution is 0.414. The molecule has 4 nitrogen and oxygen atoms in total. The first-order chi connectivity index (χ1) is 6.36. The van der Waals surface area contributed by atoms with Crippen molar-refractivity contribution in [2.24, 2.45) is 5.73 Å². The first-order valence-electron chi connectivity index (χ1n) is 4.52. The molecule has 1 heterocycles. The summed E-state index contributed by atoms with van der Waals surface area (Å²) >= 11 is 1.60. The molecule has 0 spiro atoms. The number of hydrogen-bond donors (Lipinski definition) is 1. The molecule has 5 heteroatoms. The van der Waals surface area contributed by atoms with Gasteiger partial charge in [-0.15, -0.1) is 10.2 Å². The predicted octanol–water partition coefficient (Wildman–Crippen LogP) is 1.81. The summed E-state index contributed by atoms with van der Waals surface area (Å²) in [6.07, 6.45) is 3.69. The van der Waals surface area contributed by atoms with Gasteiger partial charge in [-0.25, -0.2) is 0 Å². The highest BCUT2D eigenvalue weighted by Crippen LogP contribution is 2.17. The summed E-state index contributed by atoms with van der Waals surface area (Å²) in [7, 11) is 0. The molecule has 0 atom stereocenters. The van der Waals surface area contributed by atoms with Crippen molar-refractivity contribution >= 4 is 11.8 Å². The Bertz CT molecular complexity index is 239. The van der Waals surface area contributed by atoms with Gasteiger partial charge in [0.15, 0.2) is 0 Å². The zero-order chi connectivity index (χ0) is 9.52. The molecule has 0 unspecified atom stereocenters. The van der Waals surface area contributed by atoms with E-state index in [1.165, 1.54) is 19.3 Å². The van der Waals surface area contributed by atoms with Gasteiger partial charge in [0.25, 0.3) is 5.22 Å². The fraction of sp³-hybridized carbons (Fsp3) is 0.750. The van der Waals surface area contributed by atoms with E-state index in [-0.39, 0.29) is 0 Å². The maximum absolute atomic E-state index is 5.33. The molecule has 0 amide bonds. The summed E-state index contributed by atoms with van der Waals surface area (Å²) in [6, 6.07) is 0. The summed E-state index contributed by atoms with van der Waals surface area (Å²) in [5.41, 5.74) is 5.33. The maximum Gasteiger partial charge on any atom is 0.276 e. The Balaban J connectivity index is 2.20. The van der Waals surface area contributed by atoms with Gasteiger partial charge in [0.05, 0.1) is 6.54 Å². The summed E-state index contributed by atoms with van der Waals surface area (Å²) in [4.78, 5) is 0. The van der Waals surface area contributed by atoms with Crippen LogP contribution in [0.1, 0.15) is 32.1 Å². The topological polar surface area (TPSA) is 64.9 Å². The Morgan fingerprint density at radius 3 is 2.85 bits per heavy atom. The van der Waals surface area contributed by atoms with E-state index >= 15 is 0 Å². The van der Waals surface area contributed by atoms with E-state index in [0.29, 0.717) is 17.7 Å². The molecule has 0 aliphatic rings. The van der Waals surface area contributed by atoms with E-state index in [9.17, 15) is 0 Å². The van der Waals surface area contributed by atoms with Gasteiger partial charge in [0, 0.05) is 5.75 Å². The van der Waals surface area contributed by atoms with Crippen molar-refractivity contribution in [3.05, 3.63) is 5.89 Å².